The predicted octanol–water partition coefficient (Wildman–Crippen LogP) is 4.79. The average molecular weight is 427 g/mol. The van der Waals surface area contributed by atoms with E-state index in [1.54, 1.807) is 17.0 Å². The Morgan fingerprint density at radius 2 is 1.83 bits per heavy atom. The Kier molecular flexibility index (Phi) is 7.10. The Bertz CT molecular complexity index is 912. The summed E-state index contributed by atoms with van der Waals surface area (Å²) in [7, 11) is 0. The van der Waals surface area contributed by atoms with Crippen LogP contribution in [-0.4, -0.2) is 52.8 Å². The highest BCUT2D eigenvalue weighted by atomic mass is 32.1. The third kappa shape index (κ3) is 4.35. The average Bonchev–Trinajstić information content (AvgIpc) is 3.37. The van der Waals surface area contributed by atoms with Crippen molar-refractivity contribution in [2.45, 2.75) is 39.7 Å². The van der Waals surface area contributed by atoms with Crippen LogP contribution in [0.15, 0.2) is 53.1 Å². The molecule has 1 N–H and O–H groups in total. The van der Waals surface area contributed by atoms with Gasteiger partial charge in [-0.1, -0.05) is 58.0 Å². The van der Waals surface area contributed by atoms with Gasteiger partial charge in [0, 0.05) is 13.1 Å². The number of hydrogen-bond donors (Lipinski definition) is 1. The molecule has 0 fully saturated rings. The van der Waals surface area contributed by atoms with E-state index < -0.39 is 17.7 Å². The molecule has 3 rings (SSSR count). The summed E-state index contributed by atoms with van der Waals surface area (Å²) < 4.78 is 0. The number of likely N-dealkylation sites (N-methyl/N-ethyl adjacent to an activating group) is 1. The van der Waals surface area contributed by atoms with Crippen LogP contribution in [-0.2, 0) is 4.79 Å². The number of hydrogen-bond acceptors (Lipinski definition) is 5. The first-order valence-electron chi connectivity index (χ1n) is 10.5. The second-order valence-corrected chi connectivity index (χ2v) is 8.77. The minimum absolute atomic E-state index is 0.180. The van der Waals surface area contributed by atoms with Crippen LogP contribution in [0.2, 0.25) is 0 Å². The van der Waals surface area contributed by atoms with Crippen molar-refractivity contribution in [1.29, 1.82) is 0 Å². The Hall–Kier alpha value is -2.44. The Balaban J connectivity index is 2.00. The van der Waals surface area contributed by atoms with Gasteiger partial charge in [0.15, 0.2) is 5.76 Å². The van der Waals surface area contributed by atoms with Gasteiger partial charge >= 0.3 is 0 Å². The largest absolute Gasteiger partial charge is 0.503 e. The molecule has 0 saturated heterocycles. The van der Waals surface area contributed by atoms with Crippen molar-refractivity contribution in [2.24, 2.45) is 0 Å². The fourth-order valence-electron chi connectivity index (χ4n) is 3.86. The second kappa shape index (κ2) is 9.58. The third-order valence-electron chi connectivity index (χ3n) is 5.76. The number of ketones is 1. The molecule has 6 heteroatoms. The van der Waals surface area contributed by atoms with Crippen LogP contribution in [0.5, 0.6) is 0 Å². The lowest BCUT2D eigenvalue weighted by molar-refractivity contribution is -0.129. The van der Waals surface area contributed by atoms with E-state index in [0.717, 1.165) is 18.7 Å². The van der Waals surface area contributed by atoms with Crippen molar-refractivity contribution in [3.05, 3.63) is 69.1 Å². The van der Waals surface area contributed by atoms with Crippen LogP contribution in [0.4, 0.5) is 0 Å². The number of nitrogens with zero attached hydrogens (tertiary/aromatic N) is 2. The number of rotatable bonds is 9. The minimum Gasteiger partial charge on any atom is -0.503 e. The summed E-state index contributed by atoms with van der Waals surface area (Å²) in [4.78, 5) is 30.6. The molecule has 0 bridgehead atoms. The van der Waals surface area contributed by atoms with Gasteiger partial charge in [0.05, 0.1) is 16.5 Å². The number of thiophene rings is 1. The normalized spacial score (nSPS) is 16.9. The molecular weight excluding hydrogens is 396 g/mol. The van der Waals surface area contributed by atoms with Crippen LogP contribution in [0, 0.1) is 0 Å². The number of amides is 1. The summed E-state index contributed by atoms with van der Waals surface area (Å²) in [5, 5.41) is 12.5. The quantitative estimate of drug-likeness (QED) is 0.586. The van der Waals surface area contributed by atoms with Crippen LogP contribution in [0.3, 0.4) is 0 Å². The van der Waals surface area contributed by atoms with Crippen LogP contribution in [0.25, 0.3) is 0 Å². The number of carbonyl (C=O) groups excluding carboxylic acids is 2. The summed E-state index contributed by atoms with van der Waals surface area (Å²) in [6.45, 7) is 11.3. The van der Waals surface area contributed by atoms with Gasteiger partial charge in [-0.05, 0) is 41.6 Å². The minimum atomic E-state index is -0.580. The molecule has 1 aromatic heterocycles. The molecule has 1 amide bonds. The number of Topliss-reactive ketones (excluding diaryl/α,β-unsaturated/α-hetero) is 1. The van der Waals surface area contributed by atoms with Crippen LogP contribution in [0.1, 0.15) is 60.5 Å². The highest BCUT2D eigenvalue weighted by Gasteiger charge is 2.43. The van der Waals surface area contributed by atoms with Gasteiger partial charge in [0.1, 0.15) is 0 Å². The van der Waals surface area contributed by atoms with E-state index in [2.05, 4.69) is 32.6 Å². The molecule has 30 heavy (non-hydrogen) atoms. The zero-order valence-electron chi connectivity index (χ0n) is 18.1. The van der Waals surface area contributed by atoms with Gasteiger partial charge in [-0.25, -0.2) is 0 Å². The predicted molar refractivity (Wildman–Crippen MR) is 121 cm³/mol. The van der Waals surface area contributed by atoms with Crippen LogP contribution < -0.4 is 0 Å². The number of benzene rings is 1. The van der Waals surface area contributed by atoms with Crippen molar-refractivity contribution in [3.8, 4) is 0 Å². The first-order chi connectivity index (χ1) is 14.4. The molecule has 2 aromatic rings. The van der Waals surface area contributed by atoms with Gasteiger partial charge in [0.25, 0.3) is 5.91 Å². The number of aliphatic hydroxyl groups is 1. The molecule has 5 nitrogen and oxygen atoms in total. The van der Waals surface area contributed by atoms with Crippen molar-refractivity contribution in [2.75, 3.05) is 26.2 Å². The maximum atomic E-state index is 13.2. The molecule has 0 unspecified atom stereocenters. The van der Waals surface area contributed by atoms with E-state index in [1.807, 2.05) is 29.6 Å². The number of carbonyl (C=O) groups is 2. The lowest BCUT2D eigenvalue weighted by Crippen LogP contribution is -2.38. The van der Waals surface area contributed by atoms with Gasteiger partial charge in [-0.15, -0.1) is 11.3 Å². The van der Waals surface area contributed by atoms with E-state index in [-0.39, 0.29) is 11.4 Å². The maximum absolute atomic E-state index is 13.2. The van der Waals surface area contributed by atoms with Gasteiger partial charge in [-0.2, -0.15) is 0 Å². The Labute approximate surface area is 182 Å². The first-order valence-corrected chi connectivity index (χ1v) is 11.4. The van der Waals surface area contributed by atoms with Gasteiger partial charge in [-0.3, -0.25) is 9.59 Å². The summed E-state index contributed by atoms with van der Waals surface area (Å²) in [6, 6.07) is 11.0. The van der Waals surface area contributed by atoms with Crippen molar-refractivity contribution < 1.29 is 14.7 Å². The molecule has 0 saturated carbocycles. The topological polar surface area (TPSA) is 60.9 Å². The van der Waals surface area contributed by atoms with Crippen molar-refractivity contribution >= 4 is 23.0 Å². The maximum Gasteiger partial charge on any atom is 0.290 e. The Morgan fingerprint density at radius 3 is 2.37 bits per heavy atom. The highest BCUT2D eigenvalue weighted by molar-refractivity contribution is 7.12. The molecule has 160 valence electrons. The number of aliphatic hydroxyl groups excluding tert-OH is 1. The Morgan fingerprint density at radius 1 is 1.17 bits per heavy atom. The molecule has 1 aliphatic heterocycles. The monoisotopic (exact) mass is 426 g/mol. The zero-order valence-corrected chi connectivity index (χ0v) is 18.9. The molecular formula is C24H30N2O3S. The van der Waals surface area contributed by atoms with E-state index >= 15 is 0 Å². The lowest BCUT2D eigenvalue weighted by atomic mass is 9.93. The fourth-order valence-corrected chi connectivity index (χ4v) is 4.53. The van der Waals surface area contributed by atoms with Crippen molar-refractivity contribution in [3.63, 3.8) is 0 Å². The summed E-state index contributed by atoms with van der Waals surface area (Å²) in [5.41, 5.74) is 2.22. The SMILES string of the molecule is CCN(CC)CCN1C(=O)C(O)=C(C(=O)c2cccs2)[C@H]1c1ccc(C(C)C)cc1. The molecule has 1 aliphatic rings. The van der Waals surface area contributed by atoms with Crippen molar-refractivity contribution in [1.82, 2.24) is 9.80 Å². The molecule has 1 aromatic carbocycles. The van der Waals surface area contributed by atoms with E-state index in [1.165, 1.54) is 16.9 Å². The van der Waals surface area contributed by atoms with Crippen LogP contribution >= 0.6 is 11.3 Å². The fraction of sp³-hybridized carbons (Fsp3) is 0.417. The molecule has 1 atom stereocenters. The zero-order chi connectivity index (χ0) is 21.8. The van der Waals surface area contributed by atoms with E-state index in [0.29, 0.717) is 23.9 Å². The van der Waals surface area contributed by atoms with Gasteiger partial charge < -0.3 is 14.9 Å². The lowest BCUT2D eigenvalue weighted by Gasteiger charge is -2.29. The third-order valence-corrected chi connectivity index (χ3v) is 6.63. The highest BCUT2D eigenvalue weighted by Crippen LogP contribution is 2.39. The summed E-state index contributed by atoms with van der Waals surface area (Å²) in [6.07, 6.45) is 0. The first kappa shape index (κ1) is 22.2. The molecule has 0 radical (unpaired) electrons. The molecule has 0 spiro atoms. The summed E-state index contributed by atoms with van der Waals surface area (Å²) >= 11 is 1.32. The second-order valence-electron chi connectivity index (χ2n) is 7.82. The molecule has 2 heterocycles. The molecule has 0 aliphatic carbocycles. The smallest absolute Gasteiger partial charge is 0.290 e. The van der Waals surface area contributed by atoms with Gasteiger partial charge in [0.2, 0.25) is 5.78 Å². The van der Waals surface area contributed by atoms with E-state index in [9.17, 15) is 14.7 Å². The van der Waals surface area contributed by atoms with E-state index in [4.69, 9.17) is 0 Å². The summed E-state index contributed by atoms with van der Waals surface area (Å²) in [5.74, 6) is -0.788. The standard InChI is InChI=1S/C24H30N2O3S/c1-5-25(6-2)13-14-26-21(18-11-9-17(10-12-18)16(3)4)20(23(28)24(26)29)22(27)19-8-7-15-30-19/h7-12,15-16,21,28H,5-6,13-14H2,1-4H3/t21-/m1/s1.